The van der Waals surface area contributed by atoms with Gasteiger partial charge in [-0.15, -0.1) is 0 Å². The van der Waals surface area contributed by atoms with Gasteiger partial charge in [0.05, 0.1) is 12.5 Å². The average Bonchev–Trinajstić information content (AvgIpc) is 2.54. The summed E-state index contributed by atoms with van der Waals surface area (Å²) in [7, 11) is 0. The molecule has 8 heteroatoms. The van der Waals surface area contributed by atoms with Crippen molar-refractivity contribution in [2.75, 3.05) is 11.9 Å². The quantitative estimate of drug-likeness (QED) is 0.709. The Balaban J connectivity index is 1.93. The van der Waals surface area contributed by atoms with Crippen molar-refractivity contribution in [3.8, 4) is 0 Å². The van der Waals surface area contributed by atoms with Gasteiger partial charge in [0, 0.05) is 11.2 Å². The first-order valence-corrected chi connectivity index (χ1v) is 8.54. The lowest BCUT2D eigenvalue weighted by atomic mass is 9.74. The molecule has 1 aromatic carbocycles. The number of hydrogen-bond acceptors (Lipinski definition) is 3. The fourth-order valence-corrected chi connectivity index (χ4v) is 3.13. The summed E-state index contributed by atoms with van der Waals surface area (Å²) in [6.07, 6.45) is -0.347. The van der Waals surface area contributed by atoms with Crippen molar-refractivity contribution in [2.24, 2.45) is 11.7 Å². The number of hydrogen-bond donors (Lipinski definition) is 2. The molecule has 1 fully saturated rings. The van der Waals surface area contributed by atoms with Crippen molar-refractivity contribution in [1.82, 2.24) is 0 Å². The molecule has 1 amide bonds. The summed E-state index contributed by atoms with van der Waals surface area (Å²) in [5.41, 5.74) is 6.64. The van der Waals surface area contributed by atoms with E-state index in [-0.39, 0.29) is 18.4 Å². The lowest BCUT2D eigenvalue weighted by Crippen LogP contribution is -2.51. The number of benzene rings is 1. The maximum Gasteiger partial charge on any atom is 0.330 e. The van der Waals surface area contributed by atoms with Crippen LogP contribution in [0, 0.1) is 5.92 Å². The Morgan fingerprint density at radius 3 is 2.81 bits per heavy atom. The van der Waals surface area contributed by atoms with Gasteiger partial charge in [-0.1, -0.05) is 25.0 Å². The molecule has 0 saturated heterocycles. The van der Waals surface area contributed by atoms with Crippen LogP contribution in [0.15, 0.2) is 24.3 Å². The van der Waals surface area contributed by atoms with E-state index in [9.17, 15) is 22.4 Å². The van der Waals surface area contributed by atoms with E-state index >= 15 is 0 Å². The molecule has 0 radical (unpaired) electrons. The molecule has 0 heterocycles. The number of ether oxygens (including phenoxy) is 1. The molecular formula is C18H24F4N2O2. The highest BCUT2D eigenvalue weighted by molar-refractivity contribution is 5.93. The number of alkyl halides is 4. The molecule has 1 aromatic rings. The van der Waals surface area contributed by atoms with Crippen LogP contribution in [0.25, 0.3) is 0 Å². The fraction of sp³-hybridized carbons (Fsp3) is 0.611. The van der Waals surface area contributed by atoms with Crippen molar-refractivity contribution in [2.45, 2.75) is 57.1 Å². The van der Waals surface area contributed by atoms with Gasteiger partial charge >= 0.3 is 12.3 Å². The van der Waals surface area contributed by atoms with Crippen molar-refractivity contribution in [3.05, 3.63) is 29.8 Å². The maximum atomic E-state index is 12.8. The van der Waals surface area contributed by atoms with Gasteiger partial charge in [0.15, 0.2) is 0 Å². The third kappa shape index (κ3) is 5.41. The molecule has 0 aliphatic heterocycles. The van der Waals surface area contributed by atoms with Crippen LogP contribution in [-0.4, -0.2) is 30.4 Å². The number of nitrogens with one attached hydrogen (secondary N) is 1. The monoisotopic (exact) mass is 376 g/mol. The number of carbonyl (C=O) groups is 1. The van der Waals surface area contributed by atoms with Gasteiger partial charge in [-0.25, -0.2) is 8.78 Å². The molecule has 0 bridgehead atoms. The van der Waals surface area contributed by atoms with Crippen molar-refractivity contribution in [1.29, 1.82) is 0 Å². The van der Waals surface area contributed by atoms with E-state index in [1.807, 2.05) is 6.92 Å². The molecule has 1 aliphatic carbocycles. The van der Waals surface area contributed by atoms with Crippen LogP contribution in [0.1, 0.15) is 38.2 Å². The van der Waals surface area contributed by atoms with Crippen LogP contribution < -0.4 is 11.1 Å². The number of nitrogens with two attached hydrogens (primary N) is 1. The van der Waals surface area contributed by atoms with Crippen LogP contribution in [-0.2, 0) is 16.1 Å². The van der Waals surface area contributed by atoms with Crippen molar-refractivity contribution >= 4 is 11.6 Å². The predicted molar refractivity (Wildman–Crippen MR) is 90.2 cm³/mol. The summed E-state index contributed by atoms with van der Waals surface area (Å²) in [5.74, 6) is -4.67. The Morgan fingerprint density at radius 2 is 2.15 bits per heavy atom. The molecule has 2 rings (SSSR count). The molecule has 26 heavy (non-hydrogen) atoms. The summed E-state index contributed by atoms with van der Waals surface area (Å²) in [5, 5.41) is 2.79. The van der Waals surface area contributed by atoms with Crippen LogP contribution in [0.4, 0.5) is 23.2 Å². The van der Waals surface area contributed by atoms with Gasteiger partial charge in [0.1, 0.15) is 6.61 Å². The maximum absolute atomic E-state index is 12.8. The smallest absolute Gasteiger partial charge is 0.330 e. The SMILES string of the molecule is CC1(N)CCCCC1C(=O)Nc1cccc(COCC(F)(F)C(F)F)c1. The molecule has 3 N–H and O–H groups in total. The summed E-state index contributed by atoms with van der Waals surface area (Å²) < 4.78 is 54.6. The molecule has 4 nitrogen and oxygen atoms in total. The second-order valence-electron chi connectivity index (χ2n) is 7.05. The first-order valence-electron chi connectivity index (χ1n) is 8.54. The minimum absolute atomic E-state index is 0.183. The molecule has 1 saturated carbocycles. The zero-order chi connectivity index (χ0) is 19.4. The minimum atomic E-state index is -4.18. The number of amides is 1. The number of halogens is 4. The Morgan fingerprint density at radius 1 is 1.42 bits per heavy atom. The van der Waals surface area contributed by atoms with Gasteiger partial charge < -0.3 is 15.8 Å². The normalized spacial score (nSPS) is 23.9. The van der Waals surface area contributed by atoms with Gasteiger partial charge in [-0.2, -0.15) is 8.78 Å². The lowest BCUT2D eigenvalue weighted by Gasteiger charge is -2.37. The second-order valence-corrected chi connectivity index (χ2v) is 7.05. The summed E-state index contributed by atoms with van der Waals surface area (Å²) in [6, 6.07) is 6.45. The highest BCUT2D eigenvalue weighted by Gasteiger charge is 2.41. The van der Waals surface area contributed by atoms with Crippen LogP contribution in [0.3, 0.4) is 0 Å². The first-order chi connectivity index (χ1) is 12.1. The van der Waals surface area contributed by atoms with E-state index in [4.69, 9.17) is 10.5 Å². The van der Waals surface area contributed by atoms with Crippen LogP contribution >= 0.6 is 0 Å². The average molecular weight is 376 g/mol. The third-order valence-corrected chi connectivity index (χ3v) is 4.65. The predicted octanol–water partition coefficient (Wildman–Crippen LogP) is 3.95. The summed E-state index contributed by atoms with van der Waals surface area (Å²) in [6.45, 7) is 0.239. The van der Waals surface area contributed by atoms with Gasteiger partial charge in [-0.3, -0.25) is 4.79 Å². The number of rotatable bonds is 7. The molecule has 2 atom stereocenters. The van der Waals surface area contributed by atoms with Crippen LogP contribution in [0.5, 0.6) is 0 Å². The molecule has 146 valence electrons. The van der Waals surface area contributed by atoms with Gasteiger partial charge in [0.2, 0.25) is 5.91 Å². The minimum Gasteiger partial charge on any atom is -0.370 e. The Hall–Kier alpha value is -1.67. The molecular weight excluding hydrogens is 352 g/mol. The van der Waals surface area contributed by atoms with Crippen molar-refractivity contribution in [3.63, 3.8) is 0 Å². The highest BCUT2D eigenvalue weighted by atomic mass is 19.3. The van der Waals surface area contributed by atoms with E-state index in [0.29, 0.717) is 17.7 Å². The largest absolute Gasteiger partial charge is 0.370 e. The zero-order valence-corrected chi connectivity index (χ0v) is 14.6. The fourth-order valence-electron chi connectivity index (χ4n) is 3.13. The lowest BCUT2D eigenvalue weighted by molar-refractivity contribution is -0.168. The topological polar surface area (TPSA) is 64.4 Å². The van der Waals surface area contributed by atoms with Gasteiger partial charge in [-0.05, 0) is 37.5 Å². The number of anilines is 1. The van der Waals surface area contributed by atoms with E-state index in [2.05, 4.69) is 5.32 Å². The van der Waals surface area contributed by atoms with Crippen LogP contribution in [0.2, 0.25) is 0 Å². The van der Waals surface area contributed by atoms with E-state index in [1.165, 1.54) is 0 Å². The first kappa shape index (κ1) is 20.6. The molecule has 0 aromatic heterocycles. The van der Waals surface area contributed by atoms with Crippen molar-refractivity contribution < 1.29 is 27.1 Å². The van der Waals surface area contributed by atoms with Gasteiger partial charge in [0.25, 0.3) is 0 Å². The third-order valence-electron chi connectivity index (χ3n) is 4.65. The molecule has 1 aliphatic rings. The van der Waals surface area contributed by atoms with E-state index in [1.54, 1.807) is 24.3 Å². The number of carbonyl (C=O) groups excluding carboxylic acids is 1. The Labute approximate surface area is 150 Å². The highest BCUT2D eigenvalue weighted by Crippen LogP contribution is 2.32. The van der Waals surface area contributed by atoms with E-state index in [0.717, 1.165) is 19.3 Å². The Kier molecular flexibility index (Phi) is 6.63. The summed E-state index contributed by atoms with van der Waals surface area (Å²) in [4.78, 5) is 12.5. The molecule has 2 unspecified atom stereocenters. The second kappa shape index (κ2) is 8.35. The zero-order valence-electron chi connectivity index (χ0n) is 14.6. The summed E-state index contributed by atoms with van der Waals surface area (Å²) >= 11 is 0. The Bertz CT molecular complexity index is 623. The molecule has 0 spiro atoms. The van der Waals surface area contributed by atoms with E-state index < -0.39 is 24.5 Å². The standard InChI is InChI=1S/C18H24F4N2O2/c1-17(23)8-3-2-7-14(17)15(25)24-13-6-4-5-12(9-13)10-26-11-18(21,22)16(19)20/h4-6,9,14,16H,2-3,7-8,10-11,23H2,1H3,(H,24,25).